The molecule has 0 saturated carbocycles. The monoisotopic (exact) mass is 316 g/mol. The summed E-state index contributed by atoms with van der Waals surface area (Å²) in [6, 6.07) is 4.75. The third-order valence-corrected chi connectivity index (χ3v) is 4.15. The van der Waals surface area contributed by atoms with Crippen molar-refractivity contribution < 1.29 is 18.0 Å². The number of aliphatic imine (C=N–C) groups is 1. The minimum Gasteiger partial charge on any atom is -0.304 e. The summed E-state index contributed by atoms with van der Waals surface area (Å²) in [5.41, 5.74) is -0.565. The number of amides is 1. The lowest BCUT2D eigenvalue weighted by Crippen LogP contribution is -2.24. The van der Waals surface area contributed by atoms with E-state index in [9.17, 15) is 18.0 Å². The van der Waals surface area contributed by atoms with Crippen molar-refractivity contribution in [3.63, 3.8) is 0 Å². The van der Waals surface area contributed by atoms with Gasteiger partial charge in [0.05, 0.1) is 16.5 Å². The summed E-state index contributed by atoms with van der Waals surface area (Å²) in [5.74, 6) is -0.126. The summed E-state index contributed by atoms with van der Waals surface area (Å²) in [6.45, 7) is 2.04. The average Bonchev–Trinajstić information content (AvgIpc) is 2.76. The van der Waals surface area contributed by atoms with Crippen molar-refractivity contribution in [2.24, 2.45) is 4.99 Å². The smallest absolute Gasteiger partial charge is 0.304 e. The first kappa shape index (κ1) is 15.9. The van der Waals surface area contributed by atoms with E-state index in [-0.39, 0.29) is 16.8 Å². The zero-order chi connectivity index (χ0) is 15.5. The van der Waals surface area contributed by atoms with E-state index in [1.165, 1.54) is 23.9 Å². The normalized spacial score (nSPS) is 20.9. The summed E-state index contributed by atoms with van der Waals surface area (Å²) in [7, 11) is 0. The van der Waals surface area contributed by atoms with Crippen LogP contribution in [0.1, 0.15) is 31.7 Å². The fourth-order valence-corrected chi connectivity index (χ4v) is 2.94. The summed E-state index contributed by atoms with van der Waals surface area (Å²) < 4.78 is 37.9. The highest BCUT2D eigenvalue weighted by molar-refractivity contribution is 8.15. The van der Waals surface area contributed by atoms with Gasteiger partial charge in [0.1, 0.15) is 0 Å². The molecule has 1 saturated heterocycles. The predicted molar refractivity (Wildman–Crippen MR) is 77.6 cm³/mol. The highest BCUT2D eigenvalue weighted by atomic mass is 32.2. The minimum absolute atomic E-state index is 0.126. The lowest BCUT2D eigenvalue weighted by Gasteiger charge is -2.06. The van der Waals surface area contributed by atoms with Gasteiger partial charge in [-0.2, -0.15) is 13.2 Å². The number of halogens is 3. The molecule has 21 heavy (non-hydrogen) atoms. The second kappa shape index (κ2) is 6.51. The van der Waals surface area contributed by atoms with Crippen LogP contribution in [0.5, 0.6) is 0 Å². The van der Waals surface area contributed by atoms with Gasteiger partial charge in [0.15, 0.2) is 5.17 Å². The molecule has 2 rings (SSSR count). The molecular weight excluding hydrogens is 301 g/mol. The maximum absolute atomic E-state index is 12.6. The molecule has 114 valence electrons. The molecule has 1 aromatic rings. The van der Waals surface area contributed by atoms with Crippen LogP contribution in [-0.4, -0.2) is 16.3 Å². The van der Waals surface area contributed by atoms with Gasteiger partial charge in [-0.15, -0.1) is 0 Å². The van der Waals surface area contributed by atoms with Crippen molar-refractivity contribution in [2.75, 3.05) is 0 Å². The molecule has 1 aromatic carbocycles. The van der Waals surface area contributed by atoms with E-state index < -0.39 is 11.7 Å². The van der Waals surface area contributed by atoms with Gasteiger partial charge in [-0.05, 0) is 24.6 Å². The van der Waals surface area contributed by atoms with Gasteiger partial charge in [0.25, 0.3) is 0 Å². The van der Waals surface area contributed by atoms with Crippen molar-refractivity contribution in [2.45, 2.75) is 37.6 Å². The Bertz CT molecular complexity index is 557. The van der Waals surface area contributed by atoms with E-state index in [0.717, 1.165) is 31.4 Å². The van der Waals surface area contributed by atoms with Crippen LogP contribution in [0.25, 0.3) is 0 Å². The number of alkyl halides is 3. The maximum Gasteiger partial charge on any atom is 0.416 e. The molecular formula is C14H15F3N2OS. The third kappa shape index (κ3) is 4.23. The van der Waals surface area contributed by atoms with E-state index in [1.807, 2.05) is 6.92 Å². The Morgan fingerprint density at radius 2 is 2.14 bits per heavy atom. The molecule has 1 atom stereocenters. The number of unbranched alkanes of at least 4 members (excludes halogenated alkanes) is 1. The van der Waals surface area contributed by atoms with Crippen LogP contribution in [0, 0.1) is 0 Å². The number of hydrogen-bond donors (Lipinski definition) is 1. The molecule has 0 radical (unpaired) electrons. The first-order chi connectivity index (χ1) is 9.90. The van der Waals surface area contributed by atoms with Crippen LogP contribution >= 0.6 is 11.8 Å². The van der Waals surface area contributed by atoms with Crippen LogP contribution in [0.2, 0.25) is 0 Å². The fraction of sp³-hybridized carbons (Fsp3) is 0.429. The standard InChI is InChI=1S/C14H15F3N2OS/c1-2-3-7-11-12(20)19-13(21-11)18-10-6-4-5-9(8-10)14(15,16)17/h4-6,8,11H,2-3,7H2,1H3,(H,18,19,20). The number of benzene rings is 1. The van der Waals surface area contributed by atoms with E-state index in [1.54, 1.807) is 0 Å². The van der Waals surface area contributed by atoms with Crippen molar-refractivity contribution in [3.05, 3.63) is 29.8 Å². The molecule has 1 aliphatic heterocycles. The van der Waals surface area contributed by atoms with Gasteiger partial charge in [0.2, 0.25) is 5.91 Å². The van der Waals surface area contributed by atoms with Crippen LogP contribution in [0.4, 0.5) is 18.9 Å². The molecule has 1 fully saturated rings. The Kier molecular flexibility index (Phi) is 4.92. The quantitative estimate of drug-likeness (QED) is 0.908. The van der Waals surface area contributed by atoms with Gasteiger partial charge in [0, 0.05) is 0 Å². The summed E-state index contributed by atoms with van der Waals surface area (Å²) >= 11 is 1.27. The molecule has 0 bridgehead atoms. The van der Waals surface area contributed by atoms with Gasteiger partial charge < -0.3 is 5.32 Å². The van der Waals surface area contributed by atoms with Crippen LogP contribution in [0.3, 0.4) is 0 Å². The molecule has 1 heterocycles. The number of hydrogen-bond acceptors (Lipinski definition) is 3. The first-order valence-electron chi connectivity index (χ1n) is 6.63. The average molecular weight is 316 g/mol. The Balaban J connectivity index is 2.12. The van der Waals surface area contributed by atoms with Crippen molar-refractivity contribution >= 4 is 28.5 Å². The number of amidine groups is 1. The molecule has 1 amide bonds. The summed E-state index contributed by atoms with van der Waals surface area (Å²) in [6.07, 6.45) is -1.73. The second-order valence-electron chi connectivity index (χ2n) is 4.70. The third-order valence-electron chi connectivity index (χ3n) is 3.00. The van der Waals surface area contributed by atoms with Gasteiger partial charge >= 0.3 is 6.18 Å². The number of nitrogens with one attached hydrogen (secondary N) is 1. The lowest BCUT2D eigenvalue weighted by molar-refractivity contribution is -0.137. The molecule has 1 N–H and O–H groups in total. The molecule has 0 spiro atoms. The number of rotatable bonds is 4. The topological polar surface area (TPSA) is 41.5 Å². The van der Waals surface area contributed by atoms with E-state index >= 15 is 0 Å². The van der Waals surface area contributed by atoms with E-state index in [0.29, 0.717) is 5.17 Å². The second-order valence-corrected chi connectivity index (χ2v) is 5.89. The van der Waals surface area contributed by atoms with Gasteiger partial charge in [-0.3, -0.25) is 4.79 Å². The molecule has 3 nitrogen and oxygen atoms in total. The molecule has 7 heteroatoms. The molecule has 1 unspecified atom stereocenters. The van der Waals surface area contributed by atoms with Gasteiger partial charge in [-0.25, -0.2) is 4.99 Å². The van der Waals surface area contributed by atoms with Crippen LogP contribution in [-0.2, 0) is 11.0 Å². The lowest BCUT2D eigenvalue weighted by atomic mass is 10.2. The Labute approximate surface area is 125 Å². The van der Waals surface area contributed by atoms with Crippen LogP contribution < -0.4 is 5.32 Å². The van der Waals surface area contributed by atoms with Crippen molar-refractivity contribution in [3.8, 4) is 0 Å². The minimum atomic E-state index is -4.40. The van der Waals surface area contributed by atoms with Crippen molar-refractivity contribution in [1.29, 1.82) is 0 Å². The number of carbonyl (C=O) groups is 1. The van der Waals surface area contributed by atoms with E-state index in [4.69, 9.17) is 0 Å². The summed E-state index contributed by atoms with van der Waals surface area (Å²) in [5, 5.41) is 2.77. The Morgan fingerprint density at radius 3 is 2.81 bits per heavy atom. The number of nitrogens with zero attached hydrogens (tertiary/aromatic N) is 1. The fourth-order valence-electron chi connectivity index (χ4n) is 1.91. The molecule has 0 aromatic heterocycles. The SMILES string of the molecule is CCCCC1SC(=Nc2cccc(C(F)(F)F)c2)NC1=O. The zero-order valence-corrected chi connectivity index (χ0v) is 12.2. The highest BCUT2D eigenvalue weighted by Gasteiger charge is 2.31. The largest absolute Gasteiger partial charge is 0.416 e. The number of carbonyl (C=O) groups excluding carboxylic acids is 1. The maximum atomic E-state index is 12.6. The van der Waals surface area contributed by atoms with Crippen molar-refractivity contribution in [1.82, 2.24) is 5.32 Å². The number of thioether (sulfide) groups is 1. The van der Waals surface area contributed by atoms with E-state index in [2.05, 4.69) is 10.3 Å². The summed E-state index contributed by atoms with van der Waals surface area (Å²) in [4.78, 5) is 15.8. The Hall–Kier alpha value is -1.50. The van der Waals surface area contributed by atoms with Crippen LogP contribution in [0.15, 0.2) is 29.3 Å². The first-order valence-corrected chi connectivity index (χ1v) is 7.51. The predicted octanol–water partition coefficient (Wildman–Crippen LogP) is 4.11. The Morgan fingerprint density at radius 1 is 1.38 bits per heavy atom. The van der Waals surface area contributed by atoms with Gasteiger partial charge in [-0.1, -0.05) is 37.6 Å². The highest BCUT2D eigenvalue weighted by Crippen LogP contribution is 2.32. The molecule has 1 aliphatic rings. The zero-order valence-electron chi connectivity index (χ0n) is 11.4. The molecule has 0 aliphatic carbocycles.